The van der Waals surface area contributed by atoms with Gasteiger partial charge < -0.3 is 10.6 Å². The van der Waals surface area contributed by atoms with Gasteiger partial charge in [0, 0.05) is 24.7 Å². The molecule has 0 saturated carbocycles. The van der Waals surface area contributed by atoms with Crippen LogP contribution in [0.25, 0.3) is 0 Å². The lowest BCUT2D eigenvalue weighted by atomic mass is 10.1. The fourth-order valence-corrected chi connectivity index (χ4v) is 1.74. The molecule has 0 bridgehead atoms. The van der Waals surface area contributed by atoms with E-state index in [2.05, 4.69) is 10.6 Å². The zero-order chi connectivity index (χ0) is 16.2. The quantitative estimate of drug-likeness (QED) is 0.459. The van der Waals surface area contributed by atoms with Crippen molar-refractivity contribution in [1.29, 1.82) is 0 Å². The predicted octanol–water partition coefficient (Wildman–Crippen LogP) is 3.11. The van der Waals surface area contributed by atoms with Gasteiger partial charge in [-0.2, -0.15) is 0 Å². The summed E-state index contributed by atoms with van der Waals surface area (Å²) in [5.41, 5.74) is -0.845. The van der Waals surface area contributed by atoms with E-state index >= 15 is 0 Å². The van der Waals surface area contributed by atoms with E-state index in [1.807, 2.05) is 13.8 Å². The lowest BCUT2D eigenvalue weighted by Gasteiger charge is -2.16. The van der Waals surface area contributed by atoms with Gasteiger partial charge in [0.2, 0.25) is 5.82 Å². The van der Waals surface area contributed by atoms with Crippen LogP contribution in [0.4, 0.5) is 22.0 Å². The normalized spacial score (nSPS) is 13.0. The highest BCUT2D eigenvalue weighted by atomic mass is 19.2. The van der Waals surface area contributed by atoms with Crippen molar-refractivity contribution in [3.8, 4) is 0 Å². The summed E-state index contributed by atoms with van der Waals surface area (Å²) in [6.45, 7) is 6.66. The van der Waals surface area contributed by atoms with Gasteiger partial charge in [-0.05, 0) is 19.4 Å². The third kappa shape index (κ3) is 4.64. The predicted molar refractivity (Wildman–Crippen MR) is 70.2 cm³/mol. The fourth-order valence-electron chi connectivity index (χ4n) is 1.74. The summed E-state index contributed by atoms with van der Waals surface area (Å²) in [7, 11) is 0. The molecule has 2 N–H and O–H groups in total. The van der Waals surface area contributed by atoms with Gasteiger partial charge in [0.1, 0.15) is 0 Å². The Morgan fingerprint density at radius 2 is 1.24 bits per heavy atom. The number of hydrogen-bond acceptors (Lipinski definition) is 2. The van der Waals surface area contributed by atoms with Crippen LogP contribution in [0.1, 0.15) is 26.3 Å². The Morgan fingerprint density at radius 3 is 1.71 bits per heavy atom. The van der Waals surface area contributed by atoms with Crippen LogP contribution in [0.2, 0.25) is 0 Å². The molecule has 0 aromatic heterocycles. The molecule has 0 amide bonds. The number of nitrogens with one attached hydrogen (secondary N) is 2. The maximum Gasteiger partial charge on any atom is 0.200 e. The second-order valence-corrected chi connectivity index (χ2v) is 5.38. The standard InChI is InChI=1S/C14H19F5N2/c1-7(2)4-20-5-8(3)21-6-9-10(15)12(17)14(19)13(18)11(9)16/h7-8,20-21H,4-6H2,1-3H3. The van der Waals surface area contributed by atoms with Gasteiger partial charge in [0.05, 0.1) is 0 Å². The lowest BCUT2D eigenvalue weighted by molar-refractivity contribution is 0.364. The second kappa shape index (κ2) is 7.70. The second-order valence-electron chi connectivity index (χ2n) is 5.38. The van der Waals surface area contributed by atoms with Gasteiger partial charge in [-0.3, -0.25) is 0 Å². The van der Waals surface area contributed by atoms with Gasteiger partial charge in [0.15, 0.2) is 23.3 Å². The van der Waals surface area contributed by atoms with E-state index < -0.39 is 41.2 Å². The maximum absolute atomic E-state index is 13.4. The van der Waals surface area contributed by atoms with Crippen LogP contribution in [0, 0.1) is 35.0 Å². The van der Waals surface area contributed by atoms with Crippen molar-refractivity contribution >= 4 is 0 Å². The first-order valence-corrected chi connectivity index (χ1v) is 6.70. The molecular formula is C14H19F5N2. The molecule has 1 aromatic carbocycles. The van der Waals surface area contributed by atoms with Crippen molar-refractivity contribution in [3.63, 3.8) is 0 Å². The van der Waals surface area contributed by atoms with Crippen LogP contribution in [0.15, 0.2) is 0 Å². The Morgan fingerprint density at radius 1 is 0.762 bits per heavy atom. The average Bonchev–Trinajstić information content (AvgIpc) is 2.42. The number of benzene rings is 1. The largest absolute Gasteiger partial charge is 0.315 e. The first-order chi connectivity index (χ1) is 9.75. The van der Waals surface area contributed by atoms with Gasteiger partial charge in [-0.1, -0.05) is 13.8 Å². The molecule has 7 heteroatoms. The van der Waals surface area contributed by atoms with Crippen molar-refractivity contribution in [3.05, 3.63) is 34.6 Å². The van der Waals surface area contributed by atoms with E-state index in [0.29, 0.717) is 12.5 Å². The summed E-state index contributed by atoms with van der Waals surface area (Å²) in [5.74, 6) is -9.11. The minimum atomic E-state index is -2.14. The molecule has 0 spiro atoms. The number of halogens is 5. The summed E-state index contributed by atoms with van der Waals surface area (Å²) in [5, 5.41) is 5.85. The smallest absolute Gasteiger partial charge is 0.200 e. The molecule has 0 saturated heterocycles. The van der Waals surface area contributed by atoms with E-state index in [1.54, 1.807) is 6.92 Å². The molecule has 0 fully saturated rings. The summed E-state index contributed by atoms with van der Waals surface area (Å²) in [4.78, 5) is 0. The first-order valence-electron chi connectivity index (χ1n) is 6.70. The molecule has 1 rings (SSSR count). The molecule has 0 radical (unpaired) electrons. The number of rotatable bonds is 7. The molecule has 120 valence electrons. The third-order valence-corrected chi connectivity index (χ3v) is 2.93. The molecule has 1 unspecified atom stereocenters. The Labute approximate surface area is 120 Å². The average molecular weight is 310 g/mol. The molecule has 0 heterocycles. The van der Waals surface area contributed by atoms with Crippen LogP contribution < -0.4 is 10.6 Å². The highest BCUT2D eigenvalue weighted by molar-refractivity contribution is 5.24. The van der Waals surface area contributed by atoms with Crippen molar-refractivity contribution in [1.82, 2.24) is 10.6 Å². The first kappa shape index (κ1) is 17.8. The highest BCUT2D eigenvalue weighted by Gasteiger charge is 2.25. The van der Waals surface area contributed by atoms with Crippen LogP contribution in [-0.2, 0) is 6.54 Å². The van der Waals surface area contributed by atoms with Crippen molar-refractivity contribution < 1.29 is 22.0 Å². The summed E-state index contributed by atoms with van der Waals surface area (Å²) in [6, 6.07) is -0.182. The van der Waals surface area contributed by atoms with Gasteiger partial charge in [-0.15, -0.1) is 0 Å². The Hall–Kier alpha value is -1.21. The maximum atomic E-state index is 13.4. The zero-order valence-corrected chi connectivity index (χ0v) is 12.2. The highest BCUT2D eigenvalue weighted by Crippen LogP contribution is 2.22. The van der Waals surface area contributed by atoms with Crippen LogP contribution in [0.3, 0.4) is 0 Å². The van der Waals surface area contributed by atoms with Crippen molar-refractivity contribution in [2.45, 2.75) is 33.4 Å². The zero-order valence-electron chi connectivity index (χ0n) is 12.2. The van der Waals surface area contributed by atoms with Crippen LogP contribution in [0.5, 0.6) is 0 Å². The summed E-state index contributed by atoms with van der Waals surface area (Å²) in [6.07, 6.45) is 0. The Bertz CT molecular complexity index is 462. The fraction of sp³-hybridized carbons (Fsp3) is 0.571. The molecule has 1 atom stereocenters. The molecule has 1 aromatic rings. The van der Waals surface area contributed by atoms with E-state index in [-0.39, 0.29) is 6.04 Å². The Kier molecular flexibility index (Phi) is 6.54. The third-order valence-electron chi connectivity index (χ3n) is 2.93. The topological polar surface area (TPSA) is 24.1 Å². The van der Waals surface area contributed by atoms with E-state index in [0.717, 1.165) is 6.54 Å². The molecule has 0 aliphatic carbocycles. The summed E-state index contributed by atoms with van der Waals surface area (Å²) < 4.78 is 65.8. The van der Waals surface area contributed by atoms with Crippen molar-refractivity contribution in [2.75, 3.05) is 13.1 Å². The number of hydrogen-bond donors (Lipinski definition) is 2. The van der Waals surface area contributed by atoms with Crippen molar-refractivity contribution in [2.24, 2.45) is 5.92 Å². The van der Waals surface area contributed by atoms with Crippen LogP contribution >= 0.6 is 0 Å². The molecule has 0 aliphatic rings. The molecular weight excluding hydrogens is 291 g/mol. The molecule has 2 nitrogen and oxygen atoms in total. The van der Waals surface area contributed by atoms with Gasteiger partial charge in [0.25, 0.3) is 0 Å². The Balaban J connectivity index is 2.68. The molecule has 21 heavy (non-hydrogen) atoms. The van der Waals surface area contributed by atoms with E-state index in [1.165, 1.54) is 0 Å². The van der Waals surface area contributed by atoms with Gasteiger partial charge in [-0.25, -0.2) is 22.0 Å². The summed E-state index contributed by atoms with van der Waals surface area (Å²) >= 11 is 0. The van der Waals surface area contributed by atoms with Gasteiger partial charge >= 0.3 is 0 Å². The SMILES string of the molecule is CC(C)CNCC(C)NCc1c(F)c(F)c(F)c(F)c1F. The minimum Gasteiger partial charge on any atom is -0.315 e. The van der Waals surface area contributed by atoms with Crippen LogP contribution in [-0.4, -0.2) is 19.1 Å². The minimum absolute atomic E-state index is 0.182. The monoisotopic (exact) mass is 310 g/mol. The van der Waals surface area contributed by atoms with E-state index in [9.17, 15) is 22.0 Å². The molecule has 0 aliphatic heterocycles. The lowest BCUT2D eigenvalue weighted by Crippen LogP contribution is -2.37. The van der Waals surface area contributed by atoms with E-state index in [4.69, 9.17) is 0 Å².